The normalized spacial score (nSPS) is 17.5. The number of aryl methyl sites for hydroxylation is 1. The second kappa shape index (κ2) is 11.7. The van der Waals surface area contributed by atoms with Gasteiger partial charge in [-0.3, -0.25) is 4.90 Å². The van der Waals surface area contributed by atoms with Gasteiger partial charge in [0, 0.05) is 45.3 Å². The fraction of sp³-hybridized carbons (Fsp3) is 0.632. The van der Waals surface area contributed by atoms with E-state index in [0.29, 0.717) is 18.2 Å². The number of likely N-dealkylation sites (N-methyl/N-ethyl adjacent to an activating group) is 1. The third-order valence-electron chi connectivity index (χ3n) is 4.71. The summed E-state index contributed by atoms with van der Waals surface area (Å²) in [5, 5.41) is 6.72. The van der Waals surface area contributed by atoms with Crippen molar-refractivity contribution in [2.45, 2.75) is 33.4 Å². The zero-order chi connectivity index (χ0) is 18.2. The lowest BCUT2D eigenvalue weighted by atomic mass is 10.1. The SMILES string of the molecule is CCNC(=NCc1ccc(F)c(C)c1)NCC(C)N1CCN(C)CC1.I. The number of piperazine rings is 1. The summed E-state index contributed by atoms with van der Waals surface area (Å²) in [6.45, 7) is 12.8. The first-order chi connectivity index (χ1) is 12.0. The Bertz CT molecular complexity index is 573. The van der Waals surface area contributed by atoms with E-state index in [0.717, 1.165) is 50.8 Å². The number of nitrogens with zero attached hydrogens (tertiary/aromatic N) is 3. The minimum atomic E-state index is -0.168. The maximum Gasteiger partial charge on any atom is 0.191 e. The van der Waals surface area contributed by atoms with Crippen LogP contribution < -0.4 is 10.6 Å². The van der Waals surface area contributed by atoms with Crippen molar-refractivity contribution in [1.29, 1.82) is 0 Å². The number of rotatable bonds is 6. The predicted octanol–water partition coefficient (Wildman–Crippen LogP) is 2.44. The second-order valence-corrected chi connectivity index (χ2v) is 6.85. The Morgan fingerprint density at radius 2 is 1.92 bits per heavy atom. The van der Waals surface area contributed by atoms with Gasteiger partial charge in [0.25, 0.3) is 0 Å². The molecule has 0 bridgehead atoms. The molecule has 26 heavy (non-hydrogen) atoms. The fourth-order valence-corrected chi connectivity index (χ4v) is 2.95. The van der Waals surface area contributed by atoms with Gasteiger partial charge in [-0.2, -0.15) is 0 Å². The molecule has 0 aliphatic carbocycles. The highest BCUT2D eigenvalue weighted by atomic mass is 127. The summed E-state index contributed by atoms with van der Waals surface area (Å²) in [5.74, 6) is 0.643. The molecule has 2 N–H and O–H groups in total. The molecule has 1 fully saturated rings. The van der Waals surface area contributed by atoms with E-state index in [9.17, 15) is 4.39 Å². The lowest BCUT2D eigenvalue weighted by molar-refractivity contribution is 0.120. The van der Waals surface area contributed by atoms with Crippen LogP contribution in [0.4, 0.5) is 4.39 Å². The molecule has 148 valence electrons. The van der Waals surface area contributed by atoms with E-state index in [1.165, 1.54) is 6.07 Å². The molecule has 0 aromatic heterocycles. The molecule has 1 heterocycles. The van der Waals surface area contributed by atoms with E-state index in [1.807, 2.05) is 6.07 Å². The van der Waals surface area contributed by atoms with Gasteiger partial charge in [-0.1, -0.05) is 12.1 Å². The molecule has 1 aliphatic heterocycles. The third kappa shape index (κ3) is 7.36. The van der Waals surface area contributed by atoms with Gasteiger partial charge in [-0.05, 0) is 45.0 Å². The Labute approximate surface area is 174 Å². The predicted molar refractivity (Wildman–Crippen MR) is 118 cm³/mol. The van der Waals surface area contributed by atoms with Crippen LogP contribution >= 0.6 is 24.0 Å². The zero-order valence-corrected chi connectivity index (χ0v) is 18.7. The van der Waals surface area contributed by atoms with E-state index in [1.54, 1.807) is 13.0 Å². The van der Waals surface area contributed by atoms with Crippen LogP contribution in [0.15, 0.2) is 23.2 Å². The molecule has 0 spiro atoms. The van der Waals surface area contributed by atoms with Crippen molar-refractivity contribution in [3.8, 4) is 0 Å². The van der Waals surface area contributed by atoms with E-state index in [-0.39, 0.29) is 29.8 Å². The molecule has 1 aromatic carbocycles. The molecule has 1 aliphatic rings. The summed E-state index contributed by atoms with van der Waals surface area (Å²) >= 11 is 0. The summed E-state index contributed by atoms with van der Waals surface area (Å²) in [6.07, 6.45) is 0. The average molecular weight is 477 g/mol. The molecular weight excluding hydrogens is 444 g/mol. The van der Waals surface area contributed by atoms with Crippen LogP contribution in [0.3, 0.4) is 0 Å². The molecule has 1 aromatic rings. The minimum absolute atomic E-state index is 0. The van der Waals surface area contributed by atoms with Gasteiger partial charge in [-0.15, -0.1) is 24.0 Å². The number of nitrogens with one attached hydrogen (secondary N) is 2. The zero-order valence-electron chi connectivity index (χ0n) is 16.4. The Morgan fingerprint density at radius 1 is 1.23 bits per heavy atom. The first kappa shape index (κ1) is 23.1. The van der Waals surface area contributed by atoms with Crippen molar-refractivity contribution in [2.75, 3.05) is 46.3 Å². The van der Waals surface area contributed by atoms with E-state index >= 15 is 0 Å². The molecule has 2 rings (SSSR count). The Hall–Kier alpha value is -0.930. The molecular formula is C19H33FIN5. The lowest BCUT2D eigenvalue weighted by Crippen LogP contribution is -2.52. The molecule has 0 radical (unpaired) electrons. The maximum absolute atomic E-state index is 13.4. The van der Waals surface area contributed by atoms with Gasteiger partial charge in [0.2, 0.25) is 0 Å². The van der Waals surface area contributed by atoms with Crippen molar-refractivity contribution in [2.24, 2.45) is 4.99 Å². The summed E-state index contributed by atoms with van der Waals surface area (Å²) in [6, 6.07) is 5.62. The van der Waals surface area contributed by atoms with E-state index in [4.69, 9.17) is 0 Å². The van der Waals surface area contributed by atoms with Crippen LogP contribution in [0, 0.1) is 12.7 Å². The molecule has 1 atom stereocenters. The van der Waals surface area contributed by atoms with Crippen LogP contribution in [0.25, 0.3) is 0 Å². The van der Waals surface area contributed by atoms with E-state index < -0.39 is 0 Å². The number of guanidine groups is 1. The van der Waals surface area contributed by atoms with Crippen LogP contribution in [0.1, 0.15) is 25.0 Å². The first-order valence-electron chi connectivity index (χ1n) is 9.19. The molecule has 0 amide bonds. The first-order valence-corrected chi connectivity index (χ1v) is 9.19. The van der Waals surface area contributed by atoms with Gasteiger partial charge in [0.15, 0.2) is 5.96 Å². The second-order valence-electron chi connectivity index (χ2n) is 6.85. The minimum Gasteiger partial charge on any atom is -0.357 e. The number of hydrogen-bond donors (Lipinski definition) is 2. The molecule has 5 nitrogen and oxygen atoms in total. The van der Waals surface area contributed by atoms with Crippen LogP contribution in [0.2, 0.25) is 0 Å². The van der Waals surface area contributed by atoms with Crippen LogP contribution in [-0.4, -0.2) is 68.1 Å². The molecule has 0 saturated carbocycles. The summed E-state index contributed by atoms with van der Waals surface area (Å²) in [5.41, 5.74) is 1.68. The molecule has 1 unspecified atom stereocenters. The fourth-order valence-electron chi connectivity index (χ4n) is 2.95. The van der Waals surface area contributed by atoms with Crippen LogP contribution in [0.5, 0.6) is 0 Å². The summed E-state index contributed by atoms with van der Waals surface area (Å²) < 4.78 is 13.4. The number of aliphatic imine (C=N–C) groups is 1. The topological polar surface area (TPSA) is 42.9 Å². The smallest absolute Gasteiger partial charge is 0.191 e. The Kier molecular flexibility index (Phi) is 10.4. The van der Waals surface area contributed by atoms with Crippen LogP contribution in [-0.2, 0) is 6.54 Å². The maximum atomic E-state index is 13.4. The molecule has 1 saturated heterocycles. The van der Waals surface area contributed by atoms with Gasteiger partial charge < -0.3 is 15.5 Å². The average Bonchev–Trinajstić information content (AvgIpc) is 2.60. The quantitative estimate of drug-likeness (QED) is 0.376. The number of benzene rings is 1. The molecule has 7 heteroatoms. The lowest BCUT2D eigenvalue weighted by Gasteiger charge is -2.36. The largest absolute Gasteiger partial charge is 0.357 e. The van der Waals surface area contributed by atoms with Crippen molar-refractivity contribution < 1.29 is 4.39 Å². The number of halogens is 2. The van der Waals surface area contributed by atoms with Crippen molar-refractivity contribution in [3.05, 3.63) is 35.1 Å². The van der Waals surface area contributed by atoms with Crippen molar-refractivity contribution >= 4 is 29.9 Å². The van der Waals surface area contributed by atoms with Gasteiger partial charge in [0.1, 0.15) is 5.82 Å². The van der Waals surface area contributed by atoms with Crippen molar-refractivity contribution in [3.63, 3.8) is 0 Å². The highest BCUT2D eigenvalue weighted by molar-refractivity contribution is 14.0. The van der Waals surface area contributed by atoms with E-state index in [2.05, 4.69) is 46.3 Å². The monoisotopic (exact) mass is 477 g/mol. The third-order valence-corrected chi connectivity index (χ3v) is 4.71. The van der Waals surface area contributed by atoms with Gasteiger partial charge >= 0.3 is 0 Å². The highest BCUT2D eigenvalue weighted by Gasteiger charge is 2.19. The summed E-state index contributed by atoms with van der Waals surface area (Å²) in [7, 11) is 2.17. The Morgan fingerprint density at radius 3 is 2.54 bits per heavy atom. The van der Waals surface area contributed by atoms with Gasteiger partial charge in [0.05, 0.1) is 6.54 Å². The summed E-state index contributed by atoms with van der Waals surface area (Å²) in [4.78, 5) is 9.51. The standard InChI is InChI=1S/C19H32FN5.HI/c1-5-21-19(23-14-17-6-7-18(20)15(2)12-17)22-13-16(3)25-10-8-24(4)9-11-25;/h6-7,12,16H,5,8-11,13-14H2,1-4H3,(H2,21,22,23);1H. The van der Waals surface area contributed by atoms with Crippen molar-refractivity contribution in [1.82, 2.24) is 20.4 Å². The Balaban J connectivity index is 0.00000338. The highest BCUT2D eigenvalue weighted by Crippen LogP contribution is 2.10. The number of hydrogen-bond acceptors (Lipinski definition) is 3. The van der Waals surface area contributed by atoms with Gasteiger partial charge in [-0.25, -0.2) is 9.38 Å².